The van der Waals surface area contributed by atoms with Gasteiger partial charge in [-0.25, -0.2) is 0 Å². The summed E-state index contributed by atoms with van der Waals surface area (Å²) in [6.45, 7) is 2.10. The molecule has 17 heavy (non-hydrogen) atoms. The van der Waals surface area contributed by atoms with Crippen molar-refractivity contribution in [1.29, 1.82) is 0 Å². The number of epoxide rings is 1. The fraction of sp³-hybridized carbons (Fsp3) is 0.462. The maximum Gasteiger partial charge on any atom is 0.251 e. The number of nitrogens with one attached hydrogen (secondary N) is 1. The predicted molar refractivity (Wildman–Crippen MR) is 62.3 cm³/mol. The number of ether oxygens (including phenoxy) is 2. The molecule has 4 nitrogen and oxygen atoms in total. The fourth-order valence-electron chi connectivity index (χ4n) is 2.08. The zero-order valence-electron chi connectivity index (χ0n) is 9.57. The second-order valence-electron chi connectivity index (χ2n) is 4.41. The van der Waals surface area contributed by atoms with E-state index >= 15 is 0 Å². The summed E-state index contributed by atoms with van der Waals surface area (Å²) in [4.78, 5) is 11.8. The molecule has 0 saturated carbocycles. The van der Waals surface area contributed by atoms with Gasteiger partial charge in [0.2, 0.25) is 0 Å². The molecule has 1 aromatic carbocycles. The van der Waals surface area contributed by atoms with Crippen molar-refractivity contribution in [3.63, 3.8) is 0 Å². The summed E-state index contributed by atoms with van der Waals surface area (Å²) < 4.78 is 10.8. The van der Waals surface area contributed by atoms with E-state index in [1.54, 1.807) is 0 Å². The lowest BCUT2D eigenvalue weighted by molar-refractivity contribution is 0.0955. The van der Waals surface area contributed by atoms with Crippen LogP contribution in [0.3, 0.4) is 0 Å². The fourth-order valence-corrected chi connectivity index (χ4v) is 2.08. The molecule has 1 unspecified atom stereocenters. The third-order valence-corrected chi connectivity index (χ3v) is 3.09. The molecule has 3 rings (SSSR count). The van der Waals surface area contributed by atoms with E-state index in [1.807, 2.05) is 18.2 Å². The SMILES string of the molecule is O=C1NCCCc2c(OCC3CO3)cccc21. The van der Waals surface area contributed by atoms with E-state index in [-0.39, 0.29) is 12.0 Å². The number of fused-ring (bicyclic) bond motifs is 1. The van der Waals surface area contributed by atoms with Gasteiger partial charge in [0.15, 0.2) is 0 Å². The number of carbonyl (C=O) groups is 1. The molecule has 2 aliphatic rings. The Morgan fingerprint density at radius 2 is 2.35 bits per heavy atom. The Hall–Kier alpha value is -1.55. The van der Waals surface area contributed by atoms with Gasteiger partial charge in [-0.05, 0) is 25.0 Å². The van der Waals surface area contributed by atoms with Gasteiger partial charge in [0.05, 0.1) is 6.61 Å². The van der Waals surface area contributed by atoms with Gasteiger partial charge < -0.3 is 14.8 Å². The highest BCUT2D eigenvalue weighted by Crippen LogP contribution is 2.26. The molecule has 0 aromatic heterocycles. The molecular weight excluding hydrogens is 218 g/mol. The molecule has 0 aliphatic carbocycles. The Morgan fingerprint density at radius 1 is 1.47 bits per heavy atom. The van der Waals surface area contributed by atoms with Gasteiger partial charge in [0, 0.05) is 17.7 Å². The number of rotatable bonds is 3. The van der Waals surface area contributed by atoms with Crippen LogP contribution >= 0.6 is 0 Å². The smallest absolute Gasteiger partial charge is 0.251 e. The Balaban J connectivity index is 1.86. The lowest BCUT2D eigenvalue weighted by Gasteiger charge is -2.11. The summed E-state index contributed by atoms with van der Waals surface area (Å²) in [5, 5.41) is 2.89. The van der Waals surface area contributed by atoms with Crippen LogP contribution in [-0.4, -0.2) is 31.8 Å². The van der Waals surface area contributed by atoms with E-state index in [9.17, 15) is 4.79 Å². The standard InChI is InChI=1S/C13H15NO3/c15-13-11-3-1-5-12(17-8-9-7-16-9)10(11)4-2-6-14-13/h1,3,5,9H,2,4,6-8H2,(H,14,15). The lowest BCUT2D eigenvalue weighted by atomic mass is 10.0. The van der Waals surface area contributed by atoms with Crippen molar-refractivity contribution in [3.05, 3.63) is 29.3 Å². The normalized spacial score (nSPS) is 22.4. The molecule has 0 bridgehead atoms. The van der Waals surface area contributed by atoms with Crippen molar-refractivity contribution in [2.24, 2.45) is 0 Å². The Morgan fingerprint density at radius 3 is 3.18 bits per heavy atom. The van der Waals surface area contributed by atoms with Crippen LogP contribution in [-0.2, 0) is 11.2 Å². The van der Waals surface area contributed by atoms with Gasteiger partial charge >= 0.3 is 0 Å². The van der Waals surface area contributed by atoms with Gasteiger partial charge in [0.1, 0.15) is 18.5 Å². The summed E-state index contributed by atoms with van der Waals surface area (Å²) in [6, 6.07) is 5.66. The Bertz CT molecular complexity index is 440. The minimum atomic E-state index is 0.00521. The van der Waals surface area contributed by atoms with Crippen LogP contribution in [0.4, 0.5) is 0 Å². The van der Waals surface area contributed by atoms with Crippen molar-refractivity contribution >= 4 is 5.91 Å². The van der Waals surface area contributed by atoms with Crippen molar-refractivity contribution in [2.45, 2.75) is 18.9 Å². The first kappa shape index (κ1) is 10.6. The second-order valence-corrected chi connectivity index (χ2v) is 4.41. The molecule has 1 aromatic rings. The average molecular weight is 233 g/mol. The molecule has 1 fully saturated rings. The quantitative estimate of drug-likeness (QED) is 0.796. The molecule has 2 heterocycles. The number of carbonyl (C=O) groups excluding carboxylic acids is 1. The summed E-state index contributed by atoms with van der Waals surface area (Å²) in [7, 11) is 0. The van der Waals surface area contributed by atoms with E-state index in [2.05, 4.69) is 5.32 Å². The largest absolute Gasteiger partial charge is 0.490 e. The van der Waals surface area contributed by atoms with E-state index < -0.39 is 0 Å². The minimum absolute atomic E-state index is 0.00521. The van der Waals surface area contributed by atoms with E-state index in [0.29, 0.717) is 6.61 Å². The van der Waals surface area contributed by atoms with Crippen LogP contribution < -0.4 is 10.1 Å². The number of hydrogen-bond donors (Lipinski definition) is 1. The topological polar surface area (TPSA) is 50.9 Å². The van der Waals surface area contributed by atoms with Gasteiger partial charge in [-0.3, -0.25) is 4.79 Å². The summed E-state index contributed by atoms with van der Waals surface area (Å²) in [5.74, 6) is 0.834. The highest BCUT2D eigenvalue weighted by molar-refractivity contribution is 5.96. The third-order valence-electron chi connectivity index (χ3n) is 3.09. The first-order chi connectivity index (χ1) is 8.34. The molecule has 2 aliphatic heterocycles. The molecule has 1 amide bonds. The van der Waals surface area contributed by atoms with Crippen LogP contribution in [0.5, 0.6) is 5.75 Å². The van der Waals surface area contributed by atoms with Crippen LogP contribution in [0.25, 0.3) is 0 Å². The van der Waals surface area contributed by atoms with Crippen molar-refractivity contribution < 1.29 is 14.3 Å². The maximum atomic E-state index is 11.8. The zero-order valence-corrected chi connectivity index (χ0v) is 9.57. The van der Waals surface area contributed by atoms with E-state index in [0.717, 1.165) is 42.9 Å². The summed E-state index contributed by atoms with van der Waals surface area (Å²) >= 11 is 0. The first-order valence-electron chi connectivity index (χ1n) is 5.99. The average Bonchev–Trinajstić information content (AvgIpc) is 3.16. The van der Waals surface area contributed by atoms with Gasteiger partial charge in [-0.2, -0.15) is 0 Å². The molecule has 4 heteroatoms. The molecule has 0 radical (unpaired) electrons. The van der Waals surface area contributed by atoms with Crippen LogP contribution in [0, 0.1) is 0 Å². The first-order valence-corrected chi connectivity index (χ1v) is 5.99. The maximum absolute atomic E-state index is 11.8. The molecule has 0 spiro atoms. The molecule has 90 valence electrons. The summed E-state index contributed by atoms with van der Waals surface area (Å²) in [6.07, 6.45) is 2.08. The monoisotopic (exact) mass is 233 g/mol. The number of benzene rings is 1. The van der Waals surface area contributed by atoms with Crippen molar-refractivity contribution in [3.8, 4) is 5.75 Å². The minimum Gasteiger partial charge on any atom is -0.490 e. The lowest BCUT2D eigenvalue weighted by Crippen LogP contribution is -2.22. The molecule has 1 N–H and O–H groups in total. The van der Waals surface area contributed by atoms with Crippen LogP contribution in [0.15, 0.2) is 18.2 Å². The van der Waals surface area contributed by atoms with Crippen LogP contribution in [0.2, 0.25) is 0 Å². The number of hydrogen-bond acceptors (Lipinski definition) is 3. The van der Waals surface area contributed by atoms with E-state index in [4.69, 9.17) is 9.47 Å². The number of amides is 1. The van der Waals surface area contributed by atoms with Gasteiger partial charge in [-0.15, -0.1) is 0 Å². The molecule has 1 atom stereocenters. The molecule has 1 saturated heterocycles. The third kappa shape index (κ3) is 2.26. The zero-order chi connectivity index (χ0) is 11.7. The highest BCUT2D eigenvalue weighted by Gasteiger charge is 2.24. The van der Waals surface area contributed by atoms with E-state index in [1.165, 1.54) is 0 Å². The van der Waals surface area contributed by atoms with Crippen molar-refractivity contribution in [1.82, 2.24) is 5.32 Å². The predicted octanol–water partition coefficient (Wildman–Crippen LogP) is 1.14. The van der Waals surface area contributed by atoms with Gasteiger partial charge in [0.25, 0.3) is 5.91 Å². The highest BCUT2D eigenvalue weighted by atomic mass is 16.6. The Labute approximate surface area is 99.9 Å². The summed E-state index contributed by atoms with van der Waals surface area (Å²) in [5.41, 5.74) is 1.78. The van der Waals surface area contributed by atoms with Crippen molar-refractivity contribution in [2.75, 3.05) is 19.8 Å². The van der Waals surface area contributed by atoms with Gasteiger partial charge in [-0.1, -0.05) is 6.07 Å². The van der Waals surface area contributed by atoms with Crippen LogP contribution in [0.1, 0.15) is 22.3 Å². The molecular formula is C13H15NO3. The second kappa shape index (κ2) is 4.37. The Kier molecular flexibility index (Phi) is 2.73.